The molecule has 0 radical (unpaired) electrons. The first kappa shape index (κ1) is 34.2. The number of benzene rings is 2. The highest BCUT2D eigenvalue weighted by Gasteiger charge is 2.49. The molecule has 2 aromatic heterocycles. The number of amidine groups is 1. The summed E-state index contributed by atoms with van der Waals surface area (Å²) in [7, 11) is 0. The van der Waals surface area contributed by atoms with Crippen molar-refractivity contribution in [3.63, 3.8) is 0 Å². The van der Waals surface area contributed by atoms with Gasteiger partial charge in [-0.25, -0.2) is 18.7 Å². The molecule has 12 heteroatoms. The van der Waals surface area contributed by atoms with E-state index in [1.54, 1.807) is 24.6 Å². The third-order valence-electron chi connectivity index (χ3n) is 9.58. The van der Waals surface area contributed by atoms with E-state index in [0.717, 1.165) is 40.7 Å². The number of amides is 2. The second kappa shape index (κ2) is 12.8. The summed E-state index contributed by atoms with van der Waals surface area (Å²) in [5.41, 5.74) is 17.8. The number of halogens is 2. The Morgan fingerprint density at radius 1 is 1.21 bits per heavy atom. The predicted molar refractivity (Wildman–Crippen MR) is 188 cm³/mol. The Morgan fingerprint density at radius 2 is 1.96 bits per heavy atom. The fourth-order valence-electron chi connectivity index (χ4n) is 6.02. The molecule has 0 saturated heterocycles. The maximum absolute atomic E-state index is 14.1. The lowest BCUT2D eigenvalue weighted by Gasteiger charge is -2.39. The molecule has 2 amide bonds. The Bertz CT molecular complexity index is 1850. The number of carbonyl (C=O) groups excluding carboxylic acids is 1. The Labute approximate surface area is 279 Å². The lowest BCUT2D eigenvalue weighted by atomic mass is 9.75. The third kappa shape index (κ3) is 6.93. The number of hydrogen-bond acceptors (Lipinski definition) is 6. The van der Waals surface area contributed by atoms with Crippen molar-refractivity contribution < 1.29 is 14.3 Å². The zero-order valence-electron chi connectivity index (χ0n) is 27.7. The van der Waals surface area contributed by atoms with Crippen molar-refractivity contribution in [1.82, 2.24) is 14.9 Å². The van der Waals surface area contributed by atoms with E-state index in [1.807, 2.05) is 30.5 Å². The van der Waals surface area contributed by atoms with Gasteiger partial charge in [-0.1, -0.05) is 38.4 Å². The predicted octanol–water partition coefficient (Wildman–Crippen LogP) is 6.60. The molecular formula is C35H44ClFN8O2. The van der Waals surface area contributed by atoms with E-state index in [9.17, 15) is 14.3 Å². The molecule has 10 nitrogen and oxygen atoms in total. The number of aryl methyl sites for hydroxylation is 1. The average Bonchev–Trinajstić information content (AvgIpc) is 3.52. The molecule has 2 heterocycles. The Balaban J connectivity index is 1.58. The van der Waals surface area contributed by atoms with Crippen LogP contribution in [0.15, 0.2) is 59.9 Å². The molecule has 1 saturated carbocycles. The quantitative estimate of drug-likeness (QED) is 0.0876. The first-order valence-corrected chi connectivity index (χ1v) is 16.1. The number of aliphatic hydroxyl groups is 1. The second-order valence-corrected chi connectivity index (χ2v) is 14.2. The zero-order chi connectivity index (χ0) is 34.3. The Hall–Kier alpha value is -4.19. The van der Waals surface area contributed by atoms with Crippen molar-refractivity contribution >= 4 is 46.0 Å². The molecule has 5 rings (SSSR count). The van der Waals surface area contributed by atoms with Crippen LogP contribution in [0.4, 0.5) is 26.2 Å². The van der Waals surface area contributed by atoms with Gasteiger partial charge in [-0.15, -0.1) is 0 Å². The molecule has 0 bridgehead atoms. The third-order valence-corrected chi connectivity index (χ3v) is 9.90. The molecule has 1 fully saturated rings. The number of carbonyl (C=O) groups is 1. The summed E-state index contributed by atoms with van der Waals surface area (Å²) in [5.74, 6) is -0.335. The molecule has 2 atom stereocenters. The lowest BCUT2D eigenvalue weighted by molar-refractivity contribution is 0.187. The fourth-order valence-corrected chi connectivity index (χ4v) is 6.18. The Morgan fingerprint density at radius 3 is 2.62 bits per heavy atom. The number of nitrogens with one attached hydrogen (secondary N) is 3. The van der Waals surface area contributed by atoms with Gasteiger partial charge < -0.3 is 32.5 Å². The summed E-state index contributed by atoms with van der Waals surface area (Å²) in [6, 6.07) is 11.4. The van der Waals surface area contributed by atoms with Crippen LogP contribution < -0.4 is 27.4 Å². The van der Waals surface area contributed by atoms with E-state index in [-0.39, 0.29) is 40.1 Å². The van der Waals surface area contributed by atoms with E-state index in [4.69, 9.17) is 23.1 Å². The van der Waals surface area contributed by atoms with Crippen LogP contribution in [-0.2, 0) is 6.42 Å². The minimum absolute atomic E-state index is 0.0184. The Kier molecular flexibility index (Phi) is 9.29. The summed E-state index contributed by atoms with van der Waals surface area (Å²) < 4.78 is 15.9. The summed E-state index contributed by atoms with van der Waals surface area (Å²) in [6.07, 6.45) is 6.01. The molecule has 4 aromatic rings. The number of hydrogen-bond donors (Lipinski definition) is 6. The molecule has 0 aliphatic heterocycles. The molecule has 0 unspecified atom stereocenters. The van der Waals surface area contributed by atoms with Gasteiger partial charge in [0.15, 0.2) is 0 Å². The van der Waals surface area contributed by atoms with Crippen molar-refractivity contribution in [3.8, 4) is 11.1 Å². The maximum atomic E-state index is 14.1. The standard InChI is InChI=1S/C35H44ClFN8O2/c1-7-20-14-23(41-32(47)44-33(2,3)19-46)9-10-24(20)21-15-28-30(43-29-12-13-35(6,39)34(29,4)5)25(17-40-45(28)18-21)31(38)42-27-16-22(37)8-11-26(27)36/h8-11,14-18,29,43,46H,7,12-13,19,39H2,1-6H3,(H2,38,42)(H2,41,44,47)/t29-,35+/m1/s1. The number of aromatic nitrogens is 2. The summed E-state index contributed by atoms with van der Waals surface area (Å²) in [4.78, 5) is 17.1. The molecule has 1 aliphatic rings. The number of fused-ring (bicyclic) bond motifs is 1. The van der Waals surface area contributed by atoms with Crippen molar-refractivity contribution in [2.75, 3.05) is 17.2 Å². The number of nitrogens with two attached hydrogens (primary N) is 2. The van der Waals surface area contributed by atoms with Crippen LogP contribution in [-0.4, -0.2) is 50.3 Å². The second-order valence-electron chi connectivity index (χ2n) is 13.8. The number of rotatable bonds is 9. The smallest absolute Gasteiger partial charge is 0.319 e. The number of urea groups is 1. The van der Waals surface area contributed by atoms with Gasteiger partial charge in [0.2, 0.25) is 0 Å². The molecule has 8 N–H and O–H groups in total. The van der Waals surface area contributed by atoms with Crippen molar-refractivity contribution in [1.29, 1.82) is 0 Å². The molecule has 2 aromatic carbocycles. The topological polar surface area (TPSA) is 155 Å². The lowest BCUT2D eigenvalue weighted by Crippen LogP contribution is -2.51. The van der Waals surface area contributed by atoms with Gasteiger partial charge >= 0.3 is 6.03 Å². The van der Waals surface area contributed by atoms with E-state index in [2.05, 4.69) is 53.7 Å². The van der Waals surface area contributed by atoms with Gasteiger partial charge in [-0.2, -0.15) is 5.10 Å². The van der Waals surface area contributed by atoms with Crippen LogP contribution in [0.25, 0.3) is 16.6 Å². The summed E-state index contributed by atoms with van der Waals surface area (Å²) in [5, 5.41) is 23.9. The summed E-state index contributed by atoms with van der Waals surface area (Å²) in [6.45, 7) is 11.8. The van der Waals surface area contributed by atoms with E-state index >= 15 is 0 Å². The van der Waals surface area contributed by atoms with Gasteiger partial charge in [0, 0.05) is 40.5 Å². The van der Waals surface area contributed by atoms with Gasteiger partial charge in [-0.05, 0) is 81.5 Å². The SMILES string of the molecule is CCc1cc(NC(=O)NC(C)(C)CO)ccc1-c1cc2c(N[C@@H]3CC[C@](C)(N)C3(C)C)c(/C(N)=N/c3cc(F)ccc3Cl)cnn2c1. The van der Waals surface area contributed by atoms with Gasteiger partial charge in [0.25, 0.3) is 0 Å². The summed E-state index contributed by atoms with van der Waals surface area (Å²) >= 11 is 6.33. The van der Waals surface area contributed by atoms with Gasteiger partial charge in [-0.3, -0.25) is 0 Å². The first-order chi connectivity index (χ1) is 22.0. The number of anilines is 2. The van der Waals surface area contributed by atoms with Crippen molar-refractivity contribution in [2.24, 2.45) is 21.9 Å². The monoisotopic (exact) mass is 662 g/mol. The van der Waals surface area contributed by atoms with E-state index in [0.29, 0.717) is 17.7 Å². The molecule has 1 aliphatic carbocycles. The molecule has 250 valence electrons. The molecule has 0 spiro atoms. The number of nitrogens with zero attached hydrogens (tertiary/aromatic N) is 3. The minimum atomic E-state index is -0.754. The normalized spacial score (nSPS) is 19.6. The highest BCUT2D eigenvalue weighted by atomic mass is 35.5. The zero-order valence-corrected chi connectivity index (χ0v) is 28.5. The van der Waals surface area contributed by atoms with Crippen LogP contribution in [0.5, 0.6) is 0 Å². The van der Waals surface area contributed by atoms with Crippen LogP contribution in [0.3, 0.4) is 0 Å². The highest BCUT2D eigenvalue weighted by molar-refractivity contribution is 6.33. The molecule has 47 heavy (non-hydrogen) atoms. The van der Waals surface area contributed by atoms with Gasteiger partial charge in [0.05, 0.1) is 45.8 Å². The molecular weight excluding hydrogens is 619 g/mol. The van der Waals surface area contributed by atoms with Crippen LogP contribution in [0, 0.1) is 11.2 Å². The minimum Gasteiger partial charge on any atom is -0.394 e. The number of aliphatic imine (C=N–C) groups is 1. The van der Waals surface area contributed by atoms with Crippen LogP contribution >= 0.6 is 11.6 Å². The fraction of sp³-hybridized carbons (Fsp3) is 0.400. The van der Waals surface area contributed by atoms with E-state index < -0.39 is 17.4 Å². The average molecular weight is 663 g/mol. The largest absolute Gasteiger partial charge is 0.394 e. The highest BCUT2D eigenvalue weighted by Crippen LogP contribution is 2.46. The first-order valence-electron chi connectivity index (χ1n) is 15.7. The van der Waals surface area contributed by atoms with Crippen LogP contribution in [0.1, 0.15) is 65.5 Å². The van der Waals surface area contributed by atoms with Crippen molar-refractivity contribution in [3.05, 3.63) is 76.8 Å². The van der Waals surface area contributed by atoms with Crippen molar-refractivity contribution in [2.45, 2.75) is 77.9 Å². The van der Waals surface area contributed by atoms with E-state index in [1.165, 1.54) is 18.2 Å². The number of aliphatic hydroxyl groups excluding tert-OH is 1. The van der Waals surface area contributed by atoms with Gasteiger partial charge in [0.1, 0.15) is 11.7 Å². The maximum Gasteiger partial charge on any atom is 0.319 e. The van der Waals surface area contributed by atoms with Crippen LogP contribution in [0.2, 0.25) is 5.02 Å².